The van der Waals surface area contributed by atoms with Gasteiger partial charge in [0.1, 0.15) is 0 Å². The van der Waals surface area contributed by atoms with E-state index in [1.807, 2.05) is 60.7 Å². The number of hydrogen-bond donors (Lipinski definition) is 0. The van der Waals surface area contributed by atoms with E-state index < -0.39 is 0 Å². The summed E-state index contributed by atoms with van der Waals surface area (Å²) < 4.78 is 2.40. The van der Waals surface area contributed by atoms with E-state index in [9.17, 15) is 0 Å². The average Bonchev–Trinajstić information content (AvgIpc) is 3.69. The van der Waals surface area contributed by atoms with Gasteiger partial charge >= 0.3 is 0 Å². The van der Waals surface area contributed by atoms with Crippen molar-refractivity contribution in [1.82, 2.24) is 19.5 Å². The molecule has 2 aromatic heterocycles. The van der Waals surface area contributed by atoms with Crippen LogP contribution in [0.5, 0.6) is 0 Å². The highest BCUT2D eigenvalue weighted by molar-refractivity contribution is 6.09. The Hall–Kier alpha value is -8.21. The fraction of sp³-hybridized carbons (Fsp3) is 0. The Bertz CT molecular complexity index is 3210. The minimum absolute atomic E-state index is 0.624. The van der Waals surface area contributed by atoms with E-state index in [0.717, 1.165) is 55.8 Å². The molecule has 0 fully saturated rings. The minimum Gasteiger partial charge on any atom is -0.309 e. The van der Waals surface area contributed by atoms with Gasteiger partial charge < -0.3 is 4.57 Å². The van der Waals surface area contributed by atoms with Gasteiger partial charge in [-0.1, -0.05) is 182 Å². The number of nitrogens with zero attached hydrogens (tertiary/aromatic N) is 4. The van der Waals surface area contributed by atoms with Crippen LogP contribution >= 0.6 is 0 Å². The summed E-state index contributed by atoms with van der Waals surface area (Å²) in [5, 5.41) is 2.49. The van der Waals surface area contributed by atoms with Crippen molar-refractivity contribution in [1.29, 1.82) is 0 Å². The minimum atomic E-state index is 0.624. The molecule has 11 aromatic rings. The van der Waals surface area contributed by atoms with Crippen LogP contribution in [-0.2, 0) is 0 Å². The summed E-state index contributed by atoms with van der Waals surface area (Å²) >= 11 is 0. The lowest BCUT2D eigenvalue weighted by molar-refractivity contribution is 1.07. The fourth-order valence-corrected chi connectivity index (χ4v) is 8.42. The second kappa shape index (κ2) is 15.5. The first-order valence-corrected chi connectivity index (χ1v) is 20.6. The van der Waals surface area contributed by atoms with Crippen molar-refractivity contribution in [2.45, 2.75) is 0 Å². The second-order valence-corrected chi connectivity index (χ2v) is 15.3. The van der Waals surface area contributed by atoms with E-state index in [2.05, 4.69) is 174 Å². The summed E-state index contributed by atoms with van der Waals surface area (Å²) in [6.07, 6.45) is 0. The number of aromatic nitrogens is 4. The standard InChI is InChI=1S/C57H38N4/c1-5-17-39(18-6-1)45-33-46(36-49(35-45)57-59-55(43-21-9-3-10-22-43)58-56(60-57)44-23-11-4-12-24-44)41-29-31-42(32-30-41)48-34-47(40-19-7-2-8-20-40)37-50(38-48)61-53-27-15-13-25-51(53)52-26-14-16-28-54(52)61/h1-38H. The molecule has 0 atom stereocenters. The molecular formula is C57H38N4. The van der Waals surface area contributed by atoms with Crippen molar-refractivity contribution in [3.05, 3.63) is 231 Å². The molecule has 286 valence electrons. The maximum Gasteiger partial charge on any atom is 0.164 e. The summed E-state index contributed by atoms with van der Waals surface area (Å²) in [7, 11) is 0. The Morgan fingerprint density at radius 1 is 0.230 bits per heavy atom. The largest absolute Gasteiger partial charge is 0.309 e. The smallest absolute Gasteiger partial charge is 0.164 e. The van der Waals surface area contributed by atoms with Crippen molar-refractivity contribution in [2.24, 2.45) is 0 Å². The third-order valence-corrected chi connectivity index (χ3v) is 11.4. The Labute approximate surface area is 354 Å². The van der Waals surface area contributed by atoms with Gasteiger partial charge in [-0.3, -0.25) is 0 Å². The molecule has 0 spiro atoms. The van der Waals surface area contributed by atoms with Crippen LogP contribution < -0.4 is 0 Å². The Kier molecular flexibility index (Phi) is 9.14. The first-order chi connectivity index (χ1) is 30.2. The first-order valence-electron chi connectivity index (χ1n) is 20.6. The van der Waals surface area contributed by atoms with E-state index in [-0.39, 0.29) is 0 Å². The van der Waals surface area contributed by atoms with Crippen LogP contribution in [0.2, 0.25) is 0 Å². The molecule has 11 rings (SSSR count). The van der Waals surface area contributed by atoms with Crippen molar-refractivity contribution in [2.75, 3.05) is 0 Å². The van der Waals surface area contributed by atoms with Gasteiger partial charge in [0, 0.05) is 33.2 Å². The van der Waals surface area contributed by atoms with Crippen molar-refractivity contribution in [3.63, 3.8) is 0 Å². The normalized spacial score (nSPS) is 11.3. The molecule has 0 saturated carbocycles. The molecule has 2 heterocycles. The van der Waals surface area contributed by atoms with Gasteiger partial charge in [0.25, 0.3) is 0 Å². The number of hydrogen-bond acceptors (Lipinski definition) is 3. The highest BCUT2D eigenvalue weighted by Crippen LogP contribution is 2.38. The highest BCUT2D eigenvalue weighted by Gasteiger charge is 2.17. The molecule has 0 saturated heterocycles. The van der Waals surface area contributed by atoms with E-state index in [1.54, 1.807) is 0 Å². The zero-order valence-electron chi connectivity index (χ0n) is 33.2. The number of fused-ring (bicyclic) bond motifs is 3. The van der Waals surface area contributed by atoms with Crippen molar-refractivity contribution < 1.29 is 0 Å². The topological polar surface area (TPSA) is 43.6 Å². The molecule has 0 N–H and O–H groups in total. The van der Waals surface area contributed by atoms with Crippen LogP contribution in [0.15, 0.2) is 231 Å². The van der Waals surface area contributed by atoms with Crippen LogP contribution in [0.4, 0.5) is 0 Å². The van der Waals surface area contributed by atoms with Gasteiger partial charge in [0.2, 0.25) is 0 Å². The van der Waals surface area contributed by atoms with Crippen LogP contribution in [0.1, 0.15) is 0 Å². The van der Waals surface area contributed by atoms with Gasteiger partial charge in [0.05, 0.1) is 11.0 Å². The quantitative estimate of drug-likeness (QED) is 0.154. The fourth-order valence-electron chi connectivity index (χ4n) is 8.42. The van der Waals surface area contributed by atoms with Gasteiger partial charge in [0.15, 0.2) is 17.5 Å². The van der Waals surface area contributed by atoms with E-state index in [0.29, 0.717) is 17.5 Å². The zero-order valence-corrected chi connectivity index (χ0v) is 33.2. The average molecular weight is 779 g/mol. The molecule has 0 bridgehead atoms. The van der Waals surface area contributed by atoms with Crippen molar-refractivity contribution >= 4 is 21.8 Å². The molecule has 0 radical (unpaired) electrons. The highest BCUT2D eigenvalue weighted by atomic mass is 15.0. The lowest BCUT2D eigenvalue weighted by Crippen LogP contribution is -2.00. The van der Waals surface area contributed by atoms with Crippen LogP contribution in [-0.4, -0.2) is 19.5 Å². The van der Waals surface area contributed by atoms with Crippen molar-refractivity contribution in [3.8, 4) is 84.4 Å². The molecule has 0 amide bonds. The summed E-state index contributed by atoms with van der Waals surface area (Å²) in [5.41, 5.74) is 15.3. The molecule has 4 heteroatoms. The van der Waals surface area contributed by atoms with E-state index in [1.165, 1.54) is 32.9 Å². The number of rotatable bonds is 8. The summed E-state index contributed by atoms with van der Waals surface area (Å²) in [6, 6.07) is 81.4. The van der Waals surface area contributed by atoms with Gasteiger partial charge in [-0.25, -0.2) is 15.0 Å². The lowest BCUT2D eigenvalue weighted by atomic mass is 9.93. The van der Waals surface area contributed by atoms with Gasteiger partial charge in [-0.15, -0.1) is 0 Å². The number of benzene rings is 9. The second-order valence-electron chi connectivity index (χ2n) is 15.3. The Morgan fingerprint density at radius 3 is 0.934 bits per heavy atom. The molecular weight excluding hydrogens is 741 g/mol. The molecule has 0 unspecified atom stereocenters. The maximum atomic E-state index is 5.10. The predicted octanol–water partition coefficient (Wildman–Crippen LogP) is 14.6. The lowest BCUT2D eigenvalue weighted by Gasteiger charge is -2.15. The van der Waals surface area contributed by atoms with E-state index in [4.69, 9.17) is 15.0 Å². The Balaban J connectivity index is 1.05. The molecule has 4 nitrogen and oxygen atoms in total. The van der Waals surface area contributed by atoms with Crippen LogP contribution in [0.25, 0.3) is 106 Å². The summed E-state index contributed by atoms with van der Waals surface area (Å²) in [5.74, 6) is 1.90. The first kappa shape index (κ1) is 35.9. The molecule has 0 aliphatic rings. The molecule has 61 heavy (non-hydrogen) atoms. The predicted molar refractivity (Wildman–Crippen MR) is 252 cm³/mol. The number of para-hydroxylation sites is 2. The SMILES string of the molecule is c1ccc(-c2cc(-c3ccc(-c4cc(-c5ccccc5)cc(-n5c6ccccc6c6ccccc65)c4)cc3)cc(-c3nc(-c4ccccc4)nc(-c4ccccc4)n3)c2)cc1. The van der Waals surface area contributed by atoms with Crippen LogP contribution in [0.3, 0.4) is 0 Å². The maximum absolute atomic E-state index is 5.10. The van der Waals surface area contributed by atoms with Gasteiger partial charge in [-0.2, -0.15) is 0 Å². The van der Waals surface area contributed by atoms with Crippen LogP contribution in [0, 0.1) is 0 Å². The van der Waals surface area contributed by atoms with Gasteiger partial charge in [-0.05, 0) is 93.0 Å². The zero-order chi connectivity index (χ0) is 40.5. The molecule has 0 aliphatic heterocycles. The third-order valence-electron chi connectivity index (χ3n) is 11.4. The summed E-state index contributed by atoms with van der Waals surface area (Å²) in [4.78, 5) is 15.2. The molecule has 0 aliphatic carbocycles. The van der Waals surface area contributed by atoms with E-state index >= 15 is 0 Å². The Morgan fingerprint density at radius 2 is 0.525 bits per heavy atom. The third kappa shape index (κ3) is 6.96. The monoisotopic (exact) mass is 778 g/mol. The summed E-state index contributed by atoms with van der Waals surface area (Å²) in [6.45, 7) is 0. The molecule has 9 aromatic carbocycles.